The van der Waals surface area contributed by atoms with Gasteiger partial charge in [-0.05, 0) is 19.1 Å². The highest BCUT2D eigenvalue weighted by Gasteiger charge is 2.22. The molecular formula is C10H9NO7S. The number of carbonyl (C=O) groups excluding carboxylic acids is 1. The number of nitro groups is 1. The zero-order chi connectivity index (χ0) is 14.8. The fourth-order valence-corrected chi connectivity index (χ4v) is 1.57. The fourth-order valence-electron chi connectivity index (χ4n) is 1.07. The Balaban J connectivity index is 3.31. The minimum absolute atomic E-state index is 0.0214. The fraction of sp³-hybridized carbons (Fsp3) is 0.100. The standard InChI is InChI=1S/C10H9NO7S/c1-6(2)10(12)18-9-4-3-7(19(15,16)17)5-8(9)11(13)14/h3-5H,1H2,2H3,(H,15,16,17). The van der Waals surface area contributed by atoms with Gasteiger partial charge < -0.3 is 4.74 Å². The van der Waals surface area contributed by atoms with Crippen LogP contribution >= 0.6 is 0 Å². The van der Waals surface area contributed by atoms with Crippen LogP contribution in [0, 0.1) is 10.1 Å². The molecule has 0 radical (unpaired) electrons. The van der Waals surface area contributed by atoms with E-state index in [2.05, 4.69) is 11.3 Å². The van der Waals surface area contributed by atoms with E-state index in [0.717, 1.165) is 12.1 Å². The lowest BCUT2D eigenvalue weighted by Crippen LogP contribution is -2.10. The lowest BCUT2D eigenvalue weighted by molar-refractivity contribution is -0.385. The van der Waals surface area contributed by atoms with E-state index in [-0.39, 0.29) is 5.57 Å². The van der Waals surface area contributed by atoms with E-state index in [9.17, 15) is 23.3 Å². The van der Waals surface area contributed by atoms with Gasteiger partial charge in [0.2, 0.25) is 5.75 Å². The second-order valence-electron chi connectivity index (χ2n) is 3.53. The van der Waals surface area contributed by atoms with Crippen molar-refractivity contribution in [3.05, 3.63) is 40.5 Å². The first-order chi connectivity index (χ1) is 8.62. The summed E-state index contributed by atoms with van der Waals surface area (Å²) >= 11 is 0. The van der Waals surface area contributed by atoms with Gasteiger partial charge in [-0.3, -0.25) is 14.7 Å². The van der Waals surface area contributed by atoms with E-state index < -0.39 is 37.3 Å². The van der Waals surface area contributed by atoms with E-state index in [4.69, 9.17) is 4.55 Å². The Hall–Kier alpha value is -2.26. The number of hydrogen-bond donors (Lipinski definition) is 1. The Bertz CT molecular complexity index is 662. The van der Waals surface area contributed by atoms with Crippen molar-refractivity contribution in [1.29, 1.82) is 0 Å². The van der Waals surface area contributed by atoms with Gasteiger partial charge >= 0.3 is 11.7 Å². The van der Waals surface area contributed by atoms with Crippen LogP contribution in [0.15, 0.2) is 35.2 Å². The Kier molecular flexibility index (Phi) is 4.02. The molecule has 1 N–H and O–H groups in total. The number of benzene rings is 1. The van der Waals surface area contributed by atoms with Crippen molar-refractivity contribution in [2.75, 3.05) is 0 Å². The van der Waals surface area contributed by atoms with Gasteiger partial charge in [0.1, 0.15) is 4.90 Å². The number of rotatable bonds is 4. The van der Waals surface area contributed by atoms with E-state index >= 15 is 0 Å². The summed E-state index contributed by atoms with van der Waals surface area (Å²) in [6.45, 7) is 4.65. The molecule has 0 saturated carbocycles. The first-order valence-electron chi connectivity index (χ1n) is 4.76. The topological polar surface area (TPSA) is 124 Å². The molecule has 19 heavy (non-hydrogen) atoms. The third-order valence-electron chi connectivity index (χ3n) is 1.98. The summed E-state index contributed by atoms with van der Waals surface area (Å²) in [5.41, 5.74) is -0.738. The summed E-state index contributed by atoms with van der Waals surface area (Å²) in [5, 5.41) is 10.8. The van der Waals surface area contributed by atoms with Gasteiger partial charge in [-0.2, -0.15) is 8.42 Å². The molecule has 1 aromatic carbocycles. The average Bonchev–Trinajstić information content (AvgIpc) is 2.27. The van der Waals surface area contributed by atoms with Crippen molar-refractivity contribution < 1.29 is 27.4 Å². The van der Waals surface area contributed by atoms with Crippen molar-refractivity contribution >= 4 is 21.8 Å². The molecule has 0 spiro atoms. The molecule has 0 aliphatic heterocycles. The summed E-state index contributed by atoms with van der Waals surface area (Å²) in [6.07, 6.45) is 0. The van der Waals surface area contributed by atoms with Crippen LogP contribution in [0.2, 0.25) is 0 Å². The minimum Gasteiger partial charge on any atom is -0.416 e. The highest BCUT2D eigenvalue weighted by Crippen LogP contribution is 2.30. The van der Waals surface area contributed by atoms with Crippen LogP contribution in [-0.4, -0.2) is 23.9 Å². The molecule has 9 heteroatoms. The first-order valence-corrected chi connectivity index (χ1v) is 6.20. The molecule has 0 aliphatic rings. The van der Waals surface area contributed by atoms with Crippen molar-refractivity contribution in [1.82, 2.24) is 0 Å². The minimum atomic E-state index is -4.58. The van der Waals surface area contributed by atoms with Gasteiger partial charge in [0.15, 0.2) is 0 Å². The maximum atomic E-state index is 11.3. The monoisotopic (exact) mass is 287 g/mol. The number of esters is 1. The van der Waals surface area contributed by atoms with Crippen molar-refractivity contribution in [3.63, 3.8) is 0 Å². The van der Waals surface area contributed by atoms with Crippen molar-refractivity contribution in [2.24, 2.45) is 0 Å². The maximum Gasteiger partial charge on any atom is 0.338 e. The third kappa shape index (κ3) is 3.60. The molecule has 0 amide bonds. The Labute approximate surface area is 108 Å². The second-order valence-corrected chi connectivity index (χ2v) is 4.95. The molecule has 8 nitrogen and oxygen atoms in total. The quantitative estimate of drug-likeness (QED) is 0.221. The average molecular weight is 287 g/mol. The second kappa shape index (κ2) is 5.16. The van der Waals surface area contributed by atoms with Crippen LogP contribution in [0.25, 0.3) is 0 Å². The summed E-state index contributed by atoms with van der Waals surface area (Å²) < 4.78 is 35.2. The third-order valence-corrected chi connectivity index (χ3v) is 2.83. The Morgan fingerprint density at radius 2 is 2.05 bits per heavy atom. The van der Waals surface area contributed by atoms with Gasteiger partial charge in [-0.15, -0.1) is 0 Å². The molecule has 102 valence electrons. The lowest BCUT2D eigenvalue weighted by atomic mass is 10.3. The SMILES string of the molecule is C=C(C)C(=O)Oc1ccc(S(=O)(=O)O)cc1[N+](=O)[O-]. The van der Waals surface area contributed by atoms with Crippen LogP contribution in [0.3, 0.4) is 0 Å². The predicted octanol–water partition coefficient (Wildman–Crippen LogP) is 1.32. The van der Waals surface area contributed by atoms with Crippen LogP contribution in [0.1, 0.15) is 6.92 Å². The molecule has 0 saturated heterocycles. The van der Waals surface area contributed by atoms with E-state index in [1.54, 1.807) is 0 Å². The Morgan fingerprint density at radius 1 is 1.47 bits per heavy atom. The van der Waals surface area contributed by atoms with Crippen LogP contribution < -0.4 is 4.74 Å². The van der Waals surface area contributed by atoms with E-state index in [1.807, 2.05) is 0 Å². The number of nitro benzene ring substituents is 1. The van der Waals surface area contributed by atoms with Crippen LogP contribution in [0.4, 0.5) is 5.69 Å². The lowest BCUT2D eigenvalue weighted by Gasteiger charge is -2.05. The number of ether oxygens (including phenoxy) is 1. The number of hydrogen-bond acceptors (Lipinski definition) is 6. The molecule has 1 aromatic rings. The molecule has 1 rings (SSSR count). The highest BCUT2D eigenvalue weighted by molar-refractivity contribution is 7.85. The van der Waals surface area contributed by atoms with Gasteiger partial charge in [0.05, 0.1) is 4.92 Å². The zero-order valence-electron chi connectivity index (χ0n) is 9.69. The highest BCUT2D eigenvalue weighted by atomic mass is 32.2. The number of carbonyl (C=O) groups is 1. The molecule has 0 aliphatic carbocycles. The van der Waals surface area contributed by atoms with Gasteiger partial charge in [-0.25, -0.2) is 4.79 Å². The van der Waals surface area contributed by atoms with Crippen LogP contribution in [0.5, 0.6) is 5.75 Å². The number of nitrogens with zero attached hydrogens (tertiary/aromatic N) is 1. The largest absolute Gasteiger partial charge is 0.416 e. The maximum absolute atomic E-state index is 11.3. The molecule has 0 heterocycles. The molecule has 0 bridgehead atoms. The van der Waals surface area contributed by atoms with Crippen molar-refractivity contribution in [2.45, 2.75) is 11.8 Å². The molecule has 0 aromatic heterocycles. The predicted molar refractivity (Wildman–Crippen MR) is 63.4 cm³/mol. The summed E-state index contributed by atoms with van der Waals surface area (Å²) in [7, 11) is -4.58. The molecule has 0 fully saturated rings. The van der Waals surface area contributed by atoms with Gasteiger partial charge in [-0.1, -0.05) is 6.58 Å². The van der Waals surface area contributed by atoms with Crippen molar-refractivity contribution in [3.8, 4) is 5.75 Å². The summed E-state index contributed by atoms with van der Waals surface area (Å²) in [4.78, 5) is 20.4. The van der Waals surface area contributed by atoms with E-state index in [0.29, 0.717) is 6.07 Å². The van der Waals surface area contributed by atoms with E-state index in [1.165, 1.54) is 6.92 Å². The van der Waals surface area contributed by atoms with Gasteiger partial charge in [0.25, 0.3) is 10.1 Å². The molecule has 0 atom stereocenters. The zero-order valence-corrected chi connectivity index (χ0v) is 10.5. The normalized spacial score (nSPS) is 10.8. The Morgan fingerprint density at radius 3 is 2.47 bits per heavy atom. The molecular weight excluding hydrogens is 278 g/mol. The molecule has 0 unspecified atom stereocenters. The smallest absolute Gasteiger partial charge is 0.338 e. The summed E-state index contributed by atoms with van der Waals surface area (Å²) in [5.74, 6) is -1.33. The first kappa shape index (κ1) is 14.8. The summed E-state index contributed by atoms with van der Waals surface area (Å²) in [6, 6.07) is 2.38. The van der Waals surface area contributed by atoms with Gasteiger partial charge in [0, 0.05) is 11.6 Å². The van der Waals surface area contributed by atoms with Crippen LogP contribution in [-0.2, 0) is 14.9 Å².